The number of aromatic nitrogens is 3. The van der Waals surface area contributed by atoms with Gasteiger partial charge in [0.1, 0.15) is 11.6 Å². The zero-order chi connectivity index (χ0) is 27.6. The zero-order valence-corrected chi connectivity index (χ0v) is 21.1. The molecule has 0 atom stereocenters. The number of nitrogens with one attached hydrogen (secondary N) is 3. The molecule has 2 amide bonds. The van der Waals surface area contributed by atoms with Crippen molar-refractivity contribution in [2.75, 3.05) is 17.2 Å². The molecule has 0 spiro atoms. The quantitative estimate of drug-likeness (QED) is 0.322. The van der Waals surface area contributed by atoms with Crippen LogP contribution in [0.3, 0.4) is 0 Å². The summed E-state index contributed by atoms with van der Waals surface area (Å²) in [5.41, 5.74) is 2.27. The van der Waals surface area contributed by atoms with Crippen molar-refractivity contribution in [2.45, 2.75) is 24.3 Å². The maximum Gasteiger partial charge on any atom is 0.258 e. The Hall–Kier alpha value is -4.49. The molecule has 0 saturated heterocycles. The number of halogens is 2. The molecular formula is C26H22F2N6O4S. The lowest BCUT2D eigenvalue weighted by Crippen LogP contribution is -2.36. The Morgan fingerprint density at radius 2 is 1.72 bits per heavy atom. The van der Waals surface area contributed by atoms with Crippen molar-refractivity contribution in [1.82, 2.24) is 19.5 Å². The molecule has 0 unspecified atom stereocenters. The van der Waals surface area contributed by atoms with Crippen molar-refractivity contribution in [1.29, 1.82) is 0 Å². The second kappa shape index (κ2) is 10.7. The minimum Gasteiger partial charge on any atom is -0.325 e. The summed E-state index contributed by atoms with van der Waals surface area (Å²) in [5.74, 6) is -2.80. The van der Waals surface area contributed by atoms with Gasteiger partial charge in [0.15, 0.2) is 5.82 Å². The van der Waals surface area contributed by atoms with E-state index in [0.29, 0.717) is 17.3 Å². The molecule has 39 heavy (non-hydrogen) atoms. The maximum atomic E-state index is 13.7. The summed E-state index contributed by atoms with van der Waals surface area (Å²) in [6, 6.07) is 12.0. The summed E-state index contributed by atoms with van der Waals surface area (Å²) in [7, 11) is -4.22. The highest BCUT2D eigenvalue weighted by Gasteiger charge is 2.32. The first-order chi connectivity index (χ1) is 18.7. The fraction of sp³-hybridized carbons (Fsp3) is 0.154. The molecule has 0 fully saturated rings. The van der Waals surface area contributed by atoms with Crippen LogP contribution in [0.2, 0.25) is 0 Å². The van der Waals surface area contributed by atoms with Crippen LogP contribution < -0.4 is 10.6 Å². The molecular weight excluding hydrogens is 530 g/mol. The molecule has 2 aromatic carbocycles. The maximum absolute atomic E-state index is 13.7. The average Bonchev–Trinajstić information content (AvgIpc) is 3.30. The van der Waals surface area contributed by atoms with Crippen LogP contribution in [-0.2, 0) is 34.2 Å². The number of rotatable bonds is 7. The number of hydrogen-bond acceptors (Lipinski definition) is 6. The number of anilines is 2. The normalized spacial score (nSPS) is 13.5. The second-order valence-corrected chi connectivity index (χ2v) is 10.7. The third-order valence-electron chi connectivity index (χ3n) is 6.16. The number of nitrogens with zero attached hydrogens (tertiary/aromatic N) is 3. The lowest BCUT2D eigenvalue weighted by atomic mass is 10.1. The first-order valence-corrected chi connectivity index (χ1v) is 13.3. The summed E-state index contributed by atoms with van der Waals surface area (Å²) in [6.45, 7) is -0.123. The molecule has 1 aliphatic heterocycles. The highest BCUT2D eigenvalue weighted by Crippen LogP contribution is 2.29. The molecule has 0 aliphatic carbocycles. The summed E-state index contributed by atoms with van der Waals surface area (Å²) < 4.78 is 54.6. The molecule has 5 rings (SSSR count). The molecule has 200 valence electrons. The van der Waals surface area contributed by atoms with Gasteiger partial charge in [-0.25, -0.2) is 17.2 Å². The minimum absolute atomic E-state index is 0.0510. The van der Waals surface area contributed by atoms with Crippen LogP contribution in [0.15, 0.2) is 71.9 Å². The number of amides is 2. The Bertz CT molecular complexity index is 1640. The van der Waals surface area contributed by atoms with E-state index in [1.54, 1.807) is 42.7 Å². The third kappa shape index (κ3) is 5.68. The van der Waals surface area contributed by atoms with E-state index in [4.69, 9.17) is 0 Å². The van der Waals surface area contributed by atoms with Gasteiger partial charge in [-0.3, -0.25) is 19.7 Å². The van der Waals surface area contributed by atoms with E-state index in [0.717, 1.165) is 22.0 Å². The Balaban J connectivity index is 1.33. The van der Waals surface area contributed by atoms with E-state index in [-0.39, 0.29) is 48.9 Å². The lowest BCUT2D eigenvalue weighted by Gasteiger charge is -2.26. The highest BCUT2D eigenvalue weighted by molar-refractivity contribution is 7.89. The number of pyridine rings is 1. The molecule has 1 aliphatic rings. The number of sulfonamides is 1. The summed E-state index contributed by atoms with van der Waals surface area (Å²) in [4.78, 5) is 29.2. The second-order valence-electron chi connectivity index (χ2n) is 8.80. The smallest absolute Gasteiger partial charge is 0.258 e. The van der Waals surface area contributed by atoms with Gasteiger partial charge in [-0.05, 0) is 42.0 Å². The van der Waals surface area contributed by atoms with E-state index < -0.39 is 32.5 Å². The topological polar surface area (TPSA) is 137 Å². The molecule has 0 radical (unpaired) electrons. The van der Waals surface area contributed by atoms with Crippen molar-refractivity contribution in [2.24, 2.45) is 0 Å². The van der Waals surface area contributed by atoms with E-state index >= 15 is 0 Å². The van der Waals surface area contributed by atoms with Gasteiger partial charge in [0.2, 0.25) is 15.9 Å². The predicted molar refractivity (Wildman–Crippen MR) is 137 cm³/mol. The number of aromatic amines is 1. The average molecular weight is 553 g/mol. The first kappa shape index (κ1) is 26.1. The van der Waals surface area contributed by atoms with Crippen molar-refractivity contribution in [3.63, 3.8) is 0 Å². The summed E-state index contributed by atoms with van der Waals surface area (Å²) >= 11 is 0. The SMILES string of the molecule is O=C(Cc1ccncc1)Nc1ccccc1C(=O)Nc1n[nH]c2c1CN(S(=O)(=O)c1cc(F)cc(F)c1)CC2. The Labute approximate surface area is 222 Å². The lowest BCUT2D eigenvalue weighted by molar-refractivity contribution is -0.115. The summed E-state index contributed by atoms with van der Waals surface area (Å²) in [5, 5.41) is 12.4. The Kier molecular flexibility index (Phi) is 7.17. The van der Waals surface area contributed by atoms with Crippen LogP contribution in [-0.4, -0.2) is 46.3 Å². The molecule has 10 nitrogen and oxygen atoms in total. The van der Waals surface area contributed by atoms with Gasteiger partial charge in [-0.15, -0.1) is 0 Å². The minimum atomic E-state index is -4.22. The van der Waals surface area contributed by atoms with Crippen LogP contribution >= 0.6 is 0 Å². The number of fused-ring (bicyclic) bond motifs is 1. The van der Waals surface area contributed by atoms with Gasteiger partial charge in [-0.1, -0.05) is 12.1 Å². The number of para-hydroxylation sites is 1. The van der Waals surface area contributed by atoms with Crippen LogP contribution in [0.4, 0.5) is 20.3 Å². The zero-order valence-electron chi connectivity index (χ0n) is 20.3. The summed E-state index contributed by atoms with van der Waals surface area (Å²) in [6.07, 6.45) is 3.50. The van der Waals surface area contributed by atoms with E-state index in [1.165, 1.54) is 6.07 Å². The van der Waals surface area contributed by atoms with Crippen LogP contribution in [0, 0.1) is 11.6 Å². The molecule has 3 heterocycles. The van der Waals surface area contributed by atoms with Gasteiger partial charge in [0, 0.05) is 49.2 Å². The van der Waals surface area contributed by atoms with Gasteiger partial charge in [0.05, 0.1) is 22.6 Å². The standard InChI is InChI=1S/C26H22F2N6O4S/c27-17-12-18(28)14-19(13-17)39(37,38)34-10-7-23-21(15-34)25(33-32-23)31-26(36)20-3-1-2-4-22(20)30-24(35)11-16-5-8-29-9-6-16/h1-6,8-9,12-14H,7,10-11,15H2,(H,30,35)(H2,31,32,33,36). The highest BCUT2D eigenvalue weighted by atomic mass is 32.2. The van der Waals surface area contributed by atoms with Crippen molar-refractivity contribution in [3.8, 4) is 0 Å². The largest absolute Gasteiger partial charge is 0.325 e. The number of carbonyl (C=O) groups excluding carboxylic acids is 2. The monoisotopic (exact) mass is 552 g/mol. The van der Waals surface area contributed by atoms with E-state index in [9.17, 15) is 26.8 Å². The number of benzene rings is 2. The van der Waals surface area contributed by atoms with Crippen LogP contribution in [0.5, 0.6) is 0 Å². The van der Waals surface area contributed by atoms with E-state index in [2.05, 4.69) is 25.8 Å². The van der Waals surface area contributed by atoms with Crippen molar-refractivity contribution < 1.29 is 26.8 Å². The number of H-pyrrole nitrogens is 1. The molecule has 13 heteroatoms. The molecule has 0 bridgehead atoms. The molecule has 2 aromatic heterocycles. The third-order valence-corrected chi connectivity index (χ3v) is 7.99. The van der Waals surface area contributed by atoms with Crippen LogP contribution in [0.1, 0.15) is 27.2 Å². The van der Waals surface area contributed by atoms with Gasteiger partial charge >= 0.3 is 0 Å². The number of carbonyl (C=O) groups is 2. The molecule has 0 saturated carbocycles. The number of hydrogen-bond donors (Lipinski definition) is 3. The van der Waals surface area contributed by atoms with Crippen molar-refractivity contribution in [3.05, 3.63) is 101 Å². The molecule has 3 N–H and O–H groups in total. The fourth-order valence-electron chi connectivity index (χ4n) is 4.25. The van der Waals surface area contributed by atoms with Crippen LogP contribution in [0.25, 0.3) is 0 Å². The Morgan fingerprint density at radius 3 is 2.46 bits per heavy atom. The fourth-order valence-corrected chi connectivity index (χ4v) is 5.70. The van der Waals surface area contributed by atoms with Crippen molar-refractivity contribution >= 4 is 33.3 Å². The van der Waals surface area contributed by atoms with Gasteiger partial charge in [-0.2, -0.15) is 9.40 Å². The predicted octanol–water partition coefficient (Wildman–Crippen LogP) is 3.26. The Morgan fingerprint density at radius 1 is 1.00 bits per heavy atom. The van der Waals surface area contributed by atoms with E-state index in [1.807, 2.05) is 0 Å². The molecule has 4 aromatic rings. The van der Waals surface area contributed by atoms with Gasteiger partial charge < -0.3 is 10.6 Å². The first-order valence-electron chi connectivity index (χ1n) is 11.8. The van der Waals surface area contributed by atoms with Gasteiger partial charge in [0.25, 0.3) is 5.91 Å².